The van der Waals surface area contributed by atoms with Crippen molar-refractivity contribution in [1.29, 1.82) is 0 Å². The molecule has 4 nitrogen and oxygen atoms in total. The molecule has 0 rings (SSSR count). The molecular formula is C12H24N2O2. The van der Waals surface area contributed by atoms with Gasteiger partial charge in [0.1, 0.15) is 5.78 Å². The van der Waals surface area contributed by atoms with Gasteiger partial charge in [-0.15, -0.1) is 0 Å². The van der Waals surface area contributed by atoms with E-state index >= 15 is 0 Å². The molecule has 0 heterocycles. The fraction of sp³-hybridized carbons (Fsp3) is 0.833. The molecule has 0 aliphatic heterocycles. The molecule has 0 aromatic carbocycles. The van der Waals surface area contributed by atoms with Crippen LogP contribution in [0.1, 0.15) is 34.1 Å². The molecule has 0 radical (unpaired) electrons. The second-order valence-corrected chi connectivity index (χ2v) is 4.24. The first kappa shape index (κ1) is 15.1. The quantitative estimate of drug-likeness (QED) is 0.656. The largest absolute Gasteiger partial charge is 0.342 e. The van der Waals surface area contributed by atoms with Gasteiger partial charge in [0.15, 0.2) is 0 Å². The van der Waals surface area contributed by atoms with Crippen molar-refractivity contribution in [1.82, 2.24) is 9.80 Å². The Morgan fingerprint density at radius 1 is 1.19 bits per heavy atom. The first-order valence-corrected chi connectivity index (χ1v) is 5.89. The van der Waals surface area contributed by atoms with Crippen LogP contribution < -0.4 is 0 Å². The number of Topliss-reactive ketones (excluding diaryl/α,β-unsaturated/α-hetero) is 1. The SMILES string of the molecule is CCN(CC)C(=O)CN(C)C(C)CC(C)=O. The molecule has 0 N–H and O–H groups in total. The van der Waals surface area contributed by atoms with E-state index in [4.69, 9.17) is 0 Å². The molecule has 0 saturated heterocycles. The third-order valence-corrected chi connectivity index (χ3v) is 2.84. The number of hydrogen-bond acceptors (Lipinski definition) is 3. The summed E-state index contributed by atoms with van der Waals surface area (Å²) in [6, 6.07) is 0.122. The van der Waals surface area contributed by atoms with Gasteiger partial charge in [0.2, 0.25) is 5.91 Å². The molecule has 1 amide bonds. The normalized spacial score (nSPS) is 12.6. The zero-order valence-corrected chi connectivity index (χ0v) is 11.1. The van der Waals surface area contributed by atoms with Crippen molar-refractivity contribution in [2.45, 2.75) is 40.2 Å². The van der Waals surface area contributed by atoms with Crippen LogP contribution in [-0.2, 0) is 9.59 Å². The van der Waals surface area contributed by atoms with Crippen LogP contribution in [-0.4, -0.2) is 54.2 Å². The lowest BCUT2D eigenvalue weighted by Gasteiger charge is -2.26. The Morgan fingerprint density at radius 3 is 2.06 bits per heavy atom. The number of nitrogens with zero attached hydrogens (tertiary/aromatic N) is 2. The average molecular weight is 228 g/mol. The molecule has 0 fully saturated rings. The number of likely N-dealkylation sites (N-methyl/N-ethyl adjacent to an activating group) is 2. The van der Waals surface area contributed by atoms with Crippen molar-refractivity contribution in [3.8, 4) is 0 Å². The van der Waals surface area contributed by atoms with Crippen LogP contribution in [0.15, 0.2) is 0 Å². The van der Waals surface area contributed by atoms with Crippen molar-refractivity contribution in [3.05, 3.63) is 0 Å². The van der Waals surface area contributed by atoms with Crippen molar-refractivity contribution in [2.75, 3.05) is 26.7 Å². The topological polar surface area (TPSA) is 40.6 Å². The Kier molecular flexibility index (Phi) is 6.97. The number of carbonyl (C=O) groups excluding carboxylic acids is 2. The van der Waals surface area contributed by atoms with Crippen LogP contribution in [0, 0.1) is 0 Å². The van der Waals surface area contributed by atoms with Crippen molar-refractivity contribution < 1.29 is 9.59 Å². The zero-order chi connectivity index (χ0) is 12.7. The average Bonchev–Trinajstić information content (AvgIpc) is 2.18. The number of amides is 1. The minimum atomic E-state index is 0.122. The Balaban J connectivity index is 4.16. The summed E-state index contributed by atoms with van der Waals surface area (Å²) in [6.45, 7) is 9.36. The molecule has 94 valence electrons. The van der Waals surface area contributed by atoms with Gasteiger partial charge < -0.3 is 4.90 Å². The van der Waals surface area contributed by atoms with Crippen LogP contribution in [0.25, 0.3) is 0 Å². The maximum atomic E-state index is 11.8. The van der Waals surface area contributed by atoms with E-state index in [-0.39, 0.29) is 17.7 Å². The van der Waals surface area contributed by atoms with Gasteiger partial charge in [-0.1, -0.05) is 0 Å². The van der Waals surface area contributed by atoms with Crippen molar-refractivity contribution >= 4 is 11.7 Å². The molecule has 0 aliphatic carbocycles. The Morgan fingerprint density at radius 2 is 1.69 bits per heavy atom. The van der Waals surface area contributed by atoms with Gasteiger partial charge in [0, 0.05) is 25.6 Å². The predicted octanol–water partition coefficient (Wildman–Crippen LogP) is 1.15. The lowest BCUT2D eigenvalue weighted by atomic mass is 10.1. The van der Waals surface area contributed by atoms with Crippen LogP contribution in [0.3, 0.4) is 0 Å². The highest BCUT2D eigenvalue weighted by atomic mass is 16.2. The predicted molar refractivity (Wildman–Crippen MR) is 65.3 cm³/mol. The van der Waals surface area contributed by atoms with Crippen molar-refractivity contribution in [2.24, 2.45) is 0 Å². The minimum absolute atomic E-state index is 0.122. The Bertz CT molecular complexity index is 237. The van der Waals surface area contributed by atoms with E-state index in [9.17, 15) is 9.59 Å². The van der Waals surface area contributed by atoms with E-state index in [0.717, 1.165) is 13.1 Å². The Labute approximate surface area is 98.6 Å². The highest BCUT2D eigenvalue weighted by Crippen LogP contribution is 2.02. The zero-order valence-electron chi connectivity index (χ0n) is 11.1. The van der Waals surface area contributed by atoms with Crippen LogP contribution in [0.4, 0.5) is 0 Å². The molecular weight excluding hydrogens is 204 g/mol. The number of carbonyl (C=O) groups is 2. The molecule has 0 saturated carbocycles. The highest BCUT2D eigenvalue weighted by molar-refractivity contribution is 5.78. The third-order valence-electron chi connectivity index (χ3n) is 2.84. The monoisotopic (exact) mass is 228 g/mol. The number of hydrogen-bond donors (Lipinski definition) is 0. The van der Waals surface area contributed by atoms with Gasteiger partial charge >= 0.3 is 0 Å². The molecule has 0 aromatic heterocycles. The van der Waals surface area contributed by atoms with E-state index in [1.807, 2.05) is 32.7 Å². The summed E-state index contributed by atoms with van der Waals surface area (Å²) in [5, 5.41) is 0. The third kappa shape index (κ3) is 5.26. The van der Waals surface area contributed by atoms with Gasteiger partial charge in [-0.05, 0) is 34.7 Å². The van der Waals surface area contributed by atoms with E-state index < -0.39 is 0 Å². The summed E-state index contributed by atoms with van der Waals surface area (Å²) < 4.78 is 0. The second kappa shape index (κ2) is 7.39. The van der Waals surface area contributed by atoms with E-state index in [1.54, 1.807) is 11.8 Å². The molecule has 0 bridgehead atoms. The van der Waals surface area contributed by atoms with E-state index in [2.05, 4.69) is 0 Å². The summed E-state index contributed by atoms with van der Waals surface area (Å²) in [6.07, 6.45) is 0.502. The summed E-state index contributed by atoms with van der Waals surface area (Å²) in [5.74, 6) is 0.289. The Hall–Kier alpha value is -0.900. The van der Waals surface area contributed by atoms with Crippen LogP contribution in [0.2, 0.25) is 0 Å². The molecule has 1 atom stereocenters. The van der Waals surface area contributed by atoms with Gasteiger partial charge in [-0.2, -0.15) is 0 Å². The summed E-state index contributed by atoms with van der Waals surface area (Å²) in [4.78, 5) is 26.5. The molecule has 0 aliphatic rings. The van der Waals surface area contributed by atoms with Gasteiger partial charge in [-0.3, -0.25) is 14.5 Å². The number of ketones is 1. The first-order valence-electron chi connectivity index (χ1n) is 5.89. The highest BCUT2D eigenvalue weighted by Gasteiger charge is 2.17. The van der Waals surface area contributed by atoms with E-state index in [1.165, 1.54) is 0 Å². The first-order chi connectivity index (χ1) is 7.42. The van der Waals surface area contributed by atoms with Gasteiger partial charge in [0.05, 0.1) is 6.54 Å². The van der Waals surface area contributed by atoms with Gasteiger partial charge in [-0.25, -0.2) is 0 Å². The van der Waals surface area contributed by atoms with E-state index in [0.29, 0.717) is 13.0 Å². The van der Waals surface area contributed by atoms with Crippen LogP contribution in [0.5, 0.6) is 0 Å². The molecule has 16 heavy (non-hydrogen) atoms. The van der Waals surface area contributed by atoms with Crippen LogP contribution >= 0.6 is 0 Å². The lowest BCUT2D eigenvalue weighted by Crippen LogP contribution is -2.42. The molecule has 4 heteroatoms. The smallest absolute Gasteiger partial charge is 0.236 e. The maximum absolute atomic E-state index is 11.8. The van der Waals surface area contributed by atoms with Gasteiger partial charge in [0.25, 0.3) is 0 Å². The maximum Gasteiger partial charge on any atom is 0.236 e. The lowest BCUT2D eigenvalue weighted by molar-refractivity contribution is -0.132. The second-order valence-electron chi connectivity index (χ2n) is 4.24. The summed E-state index contributed by atoms with van der Waals surface area (Å²) in [7, 11) is 1.88. The fourth-order valence-corrected chi connectivity index (χ4v) is 1.62. The molecule has 1 unspecified atom stereocenters. The fourth-order valence-electron chi connectivity index (χ4n) is 1.62. The summed E-state index contributed by atoms with van der Waals surface area (Å²) in [5.41, 5.74) is 0. The number of rotatable bonds is 7. The standard InChI is InChI=1S/C12H24N2O2/c1-6-14(7-2)12(16)9-13(5)10(3)8-11(4)15/h10H,6-9H2,1-5H3. The summed E-state index contributed by atoms with van der Waals surface area (Å²) >= 11 is 0. The van der Waals surface area contributed by atoms with Crippen molar-refractivity contribution in [3.63, 3.8) is 0 Å². The molecule has 0 aromatic rings. The minimum Gasteiger partial charge on any atom is -0.342 e. The molecule has 0 spiro atoms.